The zero-order valence-electron chi connectivity index (χ0n) is 57.1. The summed E-state index contributed by atoms with van der Waals surface area (Å²) < 4.78 is 17.2. The first kappa shape index (κ1) is 83.4. The van der Waals surface area contributed by atoms with Crippen LogP contribution in [0, 0.1) is 11.8 Å². The van der Waals surface area contributed by atoms with Crippen molar-refractivity contribution in [2.75, 3.05) is 64.8 Å². The number of rotatable bonds is 40. The molecule has 0 aromatic rings. The highest BCUT2D eigenvalue weighted by Gasteiger charge is 2.47. The topological polar surface area (TPSA) is 586 Å². The molecule has 566 valence electrons. The van der Waals surface area contributed by atoms with Crippen LogP contribution >= 0.6 is 19.6 Å². The minimum atomic E-state index is -5.42. The Balaban J connectivity index is 1.16. The van der Waals surface area contributed by atoms with Gasteiger partial charge in [-0.2, -0.15) is 11.8 Å². The summed E-state index contributed by atoms with van der Waals surface area (Å²) in [7, 11) is -5.42. The Morgan fingerprint density at radius 2 is 1.08 bits per heavy atom. The fourth-order valence-corrected chi connectivity index (χ4v) is 14.5. The van der Waals surface area contributed by atoms with Crippen molar-refractivity contribution in [1.29, 1.82) is 0 Å². The average Bonchev–Trinajstić information content (AvgIpc) is 1.70. The monoisotopic (exact) mass is 1470 g/mol. The van der Waals surface area contributed by atoms with Crippen LogP contribution in [0.25, 0.3) is 0 Å². The van der Waals surface area contributed by atoms with Gasteiger partial charge in [-0.05, 0) is 89.4 Å². The molecule has 20 N–H and O–H groups in total. The number of phosphoric acid groups is 1. The second-order valence-electron chi connectivity index (χ2n) is 26.2. The Hall–Kier alpha value is -8.30. The maximum atomic E-state index is 14.7. The predicted octanol–water partition coefficient (Wildman–Crippen LogP) is -7.62. The smallest absolute Gasteiger partial charge is 0.394 e. The number of urea groups is 1. The highest BCUT2D eigenvalue weighted by molar-refractivity contribution is 8.00. The van der Waals surface area contributed by atoms with Crippen molar-refractivity contribution in [3.05, 3.63) is 0 Å². The van der Waals surface area contributed by atoms with Crippen LogP contribution in [-0.2, 0) is 81.0 Å². The highest BCUT2D eigenvalue weighted by Crippen LogP contribution is 2.39. The molecule has 0 spiro atoms. The Kier molecular flexibility index (Phi) is 32.8. The van der Waals surface area contributed by atoms with E-state index in [1.807, 2.05) is 0 Å². The number of aliphatic hydroxyl groups excluding tert-OH is 2. The molecule has 5 aliphatic rings. The van der Waals surface area contributed by atoms with Gasteiger partial charge in [-0.25, -0.2) is 9.36 Å². The maximum Gasteiger partial charge on any atom is 0.469 e. The summed E-state index contributed by atoms with van der Waals surface area (Å²) in [6.45, 7) is 3.49. The van der Waals surface area contributed by atoms with Crippen LogP contribution in [0.5, 0.6) is 0 Å². The van der Waals surface area contributed by atoms with Crippen LogP contribution in [0.4, 0.5) is 4.79 Å². The Morgan fingerprint density at radius 1 is 0.564 bits per heavy atom. The summed E-state index contributed by atoms with van der Waals surface area (Å²) in [6, 6.07) is -13.5. The normalized spacial score (nSPS) is 21.4. The number of nitrogens with zero attached hydrogens (tertiary/aromatic N) is 3. The summed E-state index contributed by atoms with van der Waals surface area (Å²) in [6.07, 6.45) is 0.411. The number of nitrogens with one attached hydrogen (secondary N) is 12. The highest BCUT2D eigenvalue weighted by atomic mass is 32.2. The number of fused-ring (bicyclic) bond motifs is 1. The molecule has 0 radical (unpaired) electrons. The molecule has 5 saturated heterocycles. The van der Waals surface area contributed by atoms with Crippen molar-refractivity contribution in [1.82, 2.24) is 78.5 Å². The molecule has 0 unspecified atom stereocenters. The Labute approximate surface area is 586 Å². The number of phosphoric ester groups is 1. The first-order chi connectivity index (χ1) is 47.6. The van der Waals surface area contributed by atoms with Crippen LogP contribution in [-0.4, -0.2) is 272 Å². The molecule has 5 fully saturated rings. The number of aliphatic hydroxyl groups is 2. The third-order valence-corrected chi connectivity index (χ3v) is 19.5. The first-order valence-corrected chi connectivity index (χ1v) is 36.2. The van der Waals surface area contributed by atoms with Crippen LogP contribution in [0.2, 0.25) is 0 Å². The van der Waals surface area contributed by atoms with Gasteiger partial charge in [0.15, 0.2) is 0 Å². The molecule has 17 amide bonds. The number of likely N-dealkylation sites (tertiary alicyclic amines) is 3. The SMILES string of the molecule is CC(C)C[C@H](NC(=O)CNC(=O)[C@H](CO)NC(=O)[C@@H]1CCCN1C(=O)CNC(=O)CNC(=O)CCCC[C@@H]1SC[C@@H]2NC(=O)N[C@@H]21)C(=O)N[C@@H](CC(C)C)C(=O)N[C@H](C(=O)N1CCC[C@H]1C(=O)N1CCC[C@H]1C(=O)N[C@@H](CCC(N)=O)C(=O)N[C@@H](CO)C(=O)NCC(N)=O)[C@@H](C)OP(=O)(O)O. The summed E-state index contributed by atoms with van der Waals surface area (Å²) in [5.74, 6) is -12.9. The molecule has 5 heterocycles. The molecular weight excluding hydrogens is 1370 g/mol. The van der Waals surface area contributed by atoms with E-state index in [0.29, 0.717) is 12.8 Å². The maximum absolute atomic E-state index is 14.7. The molecule has 13 atom stereocenters. The number of nitrogens with two attached hydrogens (primary N) is 2. The number of unbranched alkanes of at least 4 members (excludes halogenated alkanes) is 1. The number of carbonyl (C=O) groups excluding carboxylic acids is 16. The molecule has 41 heteroatoms. The lowest BCUT2D eigenvalue weighted by atomic mass is 9.99. The van der Waals surface area contributed by atoms with E-state index < -0.39 is 203 Å². The van der Waals surface area contributed by atoms with E-state index in [1.54, 1.807) is 39.5 Å². The van der Waals surface area contributed by atoms with Crippen LogP contribution < -0.4 is 75.3 Å². The van der Waals surface area contributed by atoms with Crippen molar-refractivity contribution in [3.63, 3.8) is 0 Å². The number of thioether (sulfide) groups is 1. The number of hydrogen-bond acceptors (Lipinski definition) is 21. The van der Waals surface area contributed by atoms with Crippen LogP contribution in [0.1, 0.15) is 125 Å². The van der Waals surface area contributed by atoms with Gasteiger partial charge in [-0.3, -0.25) is 76.4 Å². The van der Waals surface area contributed by atoms with Crippen molar-refractivity contribution in [3.8, 4) is 0 Å². The summed E-state index contributed by atoms with van der Waals surface area (Å²) >= 11 is 1.77. The van der Waals surface area contributed by atoms with Crippen molar-refractivity contribution in [2.45, 2.75) is 202 Å². The third kappa shape index (κ3) is 26.2. The Bertz CT molecular complexity index is 3090. The van der Waals surface area contributed by atoms with E-state index in [1.165, 1.54) is 4.90 Å². The lowest BCUT2D eigenvalue weighted by Gasteiger charge is -2.35. The molecule has 0 saturated carbocycles. The fraction of sp³-hybridized carbons (Fsp3) is 0.733. The molecule has 0 aromatic carbocycles. The van der Waals surface area contributed by atoms with Crippen molar-refractivity contribution >= 4 is 114 Å². The predicted molar refractivity (Wildman–Crippen MR) is 355 cm³/mol. The van der Waals surface area contributed by atoms with E-state index in [0.717, 1.165) is 35.3 Å². The zero-order valence-corrected chi connectivity index (χ0v) is 58.8. The first-order valence-electron chi connectivity index (χ1n) is 33.6. The van der Waals surface area contributed by atoms with Crippen LogP contribution in [0.15, 0.2) is 0 Å². The largest absolute Gasteiger partial charge is 0.469 e. The lowest BCUT2D eigenvalue weighted by Crippen LogP contribution is -2.62. The molecule has 101 heavy (non-hydrogen) atoms. The van der Waals surface area contributed by atoms with Crippen molar-refractivity contribution in [2.24, 2.45) is 23.3 Å². The fourth-order valence-electron chi connectivity index (χ4n) is 12.4. The van der Waals surface area contributed by atoms with Crippen molar-refractivity contribution < 1.29 is 106 Å². The van der Waals surface area contributed by atoms with Crippen LogP contribution in [0.3, 0.4) is 0 Å². The van der Waals surface area contributed by atoms with Gasteiger partial charge in [-0.15, -0.1) is 0 Å². The molecule has 0 aromatic heterocycles. The number of carbonyl (C=O) groups is 16. The van der Waals surface area contributed by atoms with E-state index in [2.05, 4.69) is 63.8 Å². The standard InChI is InChI=1S/C60H98N17O22PS/c1-30(2)21-34(67-47(84)25-66-52(87)37(28-79)71-56(91)39-11-8-18-75(39)48(85)26-64-46(83)24-63-45(82)15-7-6-14-42-50-38(29-101-42)72-60(95)74-50)54(89)69-35(22-31(3)4)55(90)73-49(32(5)99-100(96,97)98)59(94)77-20-10-13-41(77)58(93)76-19-9-12-40(76)57(92)68-33(16-17-43(61)80)53(88)70-36(27-78)51(86)65-23-44(62)81/h30-42,49-50,78-79H,6-29H2,1-5H3,(H2,61,80)(H2,62,81)(H,63,82)(H,64,83)(H,65,86)(H,66,87)(H,67,84)(H,68,92)(H,69,89)(H,70,88)(H,71,91)(H,73,90)(H2,72,74,95)(H2,96,97,98)/t32-,33+,34+,35+,36+,37+,38+,39+,40+,41+,42+,49+,50+/m1/s1. The lowest BCUT2D eigenvalue weighted by molar-refractivity contribution is -0.149. The van der Waals surface area contributed by atoms with E-state index in [9.17, 15) is 101 Å². The molecule has 0 bridgehead atoms. The molecular formula is C60H98N17O22PS. The molecule has 5 aliphatic heterocycles. The quantitative estimate of drug-likeness (QED) is 0.0154. The molecule has 0 aliphatic carbocycles. The van der Waals surface area contributed by atoms with Gasteiger partial charge in [-0.1, -0.05) is 34.1 Å². The van der Waals surface area contributed by atoms with Gasteiger partial charge < -0.3 is 110 Å². The Morgan fingerprint density at radius 3 is 1.67 bits per heavy atom. The van der Waals surface area contributed by atoms with Gasteiger partial charge in [0.1, 0.15) is 54.4 Å². The second kappa shape index (κ2) is 39.8. The molecule has 39 nitrogen and oxygen atoms in total. The van der Waals surface area contributed by atoms with Gasteiger partial charge >= 0.3 is 13.9 Å². The summed E-state index contributed by atoms with van der Waals surface area (Å²) in [4.78, 5) is 234. The van der Waals surface area contributed by atoms with E-state index >= 15 is 0 Å². The minimum Gasteiger partial charge on any atom is -0.394 e. The second-order valence-corrected chi connectivity index (χ2v) is 28.7. The molecule has 5 rings (SSSR count). The van der Waals surface area contributed by atoms with E-state index in [4.69, 9.17) is 16.0 Å². The average molecular weight is 1470 g/mol. The van der Waals surface area contributed by atoms with E-state index in [-0.39, 0.29) is 112 Å². The third-order valence-electron chi connectivity index (χ3n) is 17.3. The summed E-state index contributed by atoms with van der Waals surface area (Å²) in [5.41, 5.74) is 10.4. The number of hydrogen-bond donors (Lipinski definition) is 18. The van der Waals surface area contributed by atoms with Gasteiger partial charge in [0.05, 0.1) is 57.6 Å². The minimum absolute atomic E-state index is 0.00250. The van der Waals surface area contributed by atoms with Gasteiger partial charge in [0.2, 0.25) is 88.6 Å². The number of primary amides is 2. The van der Waals surface area contributed by atoms with Gasteiger partial charge in [0, 0.05) is 43.5 Å². The number of amides is 17. The summed E-state index contributed by atoms with van der Waals surface area (Å²) in [5, 5.41) is 50.0. The van der Waals surface area contributed by atoms with Gasteiger partial charge in [0.25, 0.3) is 0 Å². The zero-order chi connectivity index (χ0) is 75.0.